The minimum atomic E-state index is -4.47. The second-order valence-electron chi connectivity index (χ2n) is 7.08. The summed E-state index contributed by atoms with van der Waals surface area (Å²) in [6.45, 7) is 2.37. The van der Waals surface area contributed by atoms with Gasteiger partial charge in [-0.1, -0.05) is 54.1 Å². The van der Waals surface area contributed by atoms with E-state index in [2.05, 4.69) is 5.32 Å². The summed E-state index contributed by atoms with van der Waals surface area (Å²) in [4.78, 5) is 12.4. The van der Waals surface area contributed by atoms with Gasteiger partial charge in [0.1, 0.15) is 12.4 Å². The van der Waals surface area contributed by atoms with Crippen LogP contribution in [0.2, 0.25) is 0 Å². The van der Waals surface area contributed by atoms with Gasteiger partial charge in [-0.15, -0.1) is 0 Å². The molecule has 0 fully saturated rings. The second kappa shape index (κ2) is 7.71. The van der Waals surface area contributed by atoms with E-state index in [1.807, 2.05) is 43.3 Å². The number of carbonyl (C=O) groups is 1. The maximum absolute atomic E-state index is 13.0. The molecule has 30 heavy (non-hydrogen) atoms. The first kappa shape index (κ1) is 19.8. The standard InChI is InChI=1S/C24H18F3NO2/c1-15-6-8-16(9-7-15)14-30-22-5-3-2-4-17(22)12-20-19-11-10-18(24(25,26)27)13-21(19)28-23(20)29/h2-13H,14H2,1H3,(H,28,29)/b20-12-. The van der Waals surface area contributed by atoms with Crippen LogP contribution in [0.15, 0.2) is 66.7 Å². The summed E-state index contributed by atoms with van der Waals surface area (Å²) < 4.78 is 44.8. The highest BCUT2D eigenvalue weighted by Gasteiger charge is 2.33. The summed E-state index contributed by atoms with van der Waals surface area (Å²) in [5, 5.41) is 2.51. The zero-order valence-electron chi connectivity index (χ0n) is 16.1. The number of benzene rings is 3. The number of ether oxygens (including phenoxy) is 1. The minimum absolute atomic E-state index is 0.152. The van der Waals surface area contributed by atoms with Crippen molar-refractivity contribution in [2.24, 2.45) is 0 Å². The number of hydrogen-bond acceptors (Lipinski definition) is 2. The van der Waals surface area contributed by atoms with Gasteiger partial charge in [-0.25, -0.2) is 0 Å². The summed E-state index contributed by atoms with van der Waals surface area (Å²) in [5.74, 6) is 0.136. The number of aryl methyl sites for hydroxylation is 1. The van der Waals surface area contributed by atoms with Crippen LogP contribution in [0.5, 0.6) is 5.75 Å². The summed E-state index contributed by atoms with van der Waals surface area (Å²) in [7, 11) is 0. The molecule has 1 heterocycles. The molecule has 3 nitrogen and oxygen atoms in total. The summed E-state index contributed by atoms with van der Waals surface area (Å²) in [5.41, 5.74) is 2.91. The molecule has 1 N–H and O–H groups in total. The molecule has 0 atom stereocenters. The summed E-state index contributed by atoms with van der Waals surface area (Å²) in [6, 6.07) is 18.4. The van der Waals surface area contributed by atoms with Crippen molar-refractivity contribution in [2.75, 3.05) is 5.32 Å². The van der Waals surface area contributed by atoms with Gasteiger partial charge in [0.25, 0.3) is 5.91 Å². The van der Waals surface area contributed by atoms with Crippen molar-refractivity contribution in [1.82, 2.24) is 0 Å². The average molecular weight is 409 g/mol. The lowest BCUT2D eigenvalue weighted by atomic mass is 10.0. The van der Waals surface area contributed by atoms with Gasteiger partial charge >= 0.3 is 6.18 Å². The van der Waals surface area contributed by atoms with E-state index >= 15 is 0 Å². The largest absolute Gasteiger partial charge is 0.488 e. The summed E-state index contributed by atoms with van der Waals surface area (Å²) in [6.07, 6.45) is -2.83. The van der Waals surface area contributed by atoms with Crippen LogP contribution in [-0.2, 0) is 17.6 Å². The molecule has 0 aromatic heterocycles. The molecular weight excluding hydrogens is 391 g/mol. The molecule has 152 valence electrons. The first-order chi connectivity index (χ1) is 14.3. The number of halogens is 3. The van der Waals surface area contributed by atoms with Crippen molar-refractivity contribution in [3.05, 3.63) is 94.5 Å². The van der Waals surface area contributed by atoms with Gasteiger partial charge in [-0.05, 0) is 36.8 Å². The van der Waals surface area contributed by atoms with Crippen molar-refractivity contribution in [2.45, 2.75) is 19.7 Å². The lowest BCUT2D eigenvalue weighted by molar-refractivity contribution is -0.137. The fraction of sp³-hybridized carbons (Fsp3) is 0.125. The van der Waals surface area contributed by atoms with E-state index in [0.717, 1.165) is 23.3 Å². The number of alkyl halides is 3. The van der Waals surface area contributed by atoms with Crippen LogP contribution in [0.3, 0.4) is 0 Å². The number of rotatable bonds is 4. The fourth-order valence-corrected chi connectivity index (χ4v) is 3.25. The Morgan fingerprint density at radius 1 is 1.00 bits per heavy atom. The van der Waals surface area contributed by atoms with Gasteiger partial charge in [0.15, 0.2) is 0 Å². The third-order valence-electron chi connectivity index (χ3n) is 4.86. The SMILES string of the molecule is Cc1ccc(COc2ccccc2/C=C2\C(=O)Nc3cc(C(F)(F)F)ccc32)cc1. The molecule has 0 saturated carbocycles. The molecule has 6 heteroatoms. The van der Waals surface area contributed by atoms with Crippen LogP contribution in [0.4, 0.5) is 18.9 Å². The Labute approximate surface area is 171 Å². The molecule has 0 spiro atoms. The molecule has 0 saturated heterocycles. The molecule has 0 unspecified atom stereocenters. The first-order valence-corrected chi connectivity index (χ1v) is 9.33. The number of carbonyl (C=O) groups excluding carboxylic acids is 1. The first-order valence-electron chi connectivity index (χ1n) is 9.33. The molecule has 1 aliphatic rings. The van der Waals surface area contributed by atoms with Gasteiger partial charge in [0.05, 0.1) is 5.56 Å². The zero-order chi connectivity index (χ0) is 21.3. The van der Waals surface area contributed by atoms with Crippen molar-refractivity contribution < 1.29 is 22.7 Å². The Balaban J connectivity index is 1.63. The number of hydrogen-bond donors (Lipinski definition) is 1. The monoisotopic (exact) mass is 409 g/mol. The van der Waals surface area contributed by atoms with Gasteiger partial charge in [-0.3, -0.25) is 4.79 Å². The molecule has 3 aromatic rings. The van der Waals surface area contributed by atoms with Gasteiger partial charge in [0.2, 0.25) is 0 Å². The van der Waals surface area contributed by atoms with E-state index in [-0.39, 0.29) is 5.69 Å². The average Bonchev–Trinajstić information content (AvgIpc) is 3.02. The van der Waals surface area contributed by atoms with E-state index in [9.17, 15) is 18.0 Å². The molecule has 0 bridgehead atoms. The van der Waals surface area contributed by atoms with Crippen molar-refractivity contribution in [3.63, 3.8) is 0 Å². The maximum Gasteiger partial charge on any atom is 0.416 e. The second-order valence-corrected chi connectivity index (χ2v) is 7.08. The molecule has 0 aliphatic carbocycles. The van der Waals surface area contributed by atoms with E-state index < -0.39 is 17.6 Å². The topological polar surface area (TPSA) is 38.3 Å². The molecule has 0 radical (unpaired) electrons. The highest BCUT2D eigenvalue weighted by atomic mass is 19.4. The summed E-state index contributed by atoms with van der Waals surface area (Å²) >= 11 is 0. The van der Waals surface area contributed by atoms with E-state index in [1.54, 1.807) is 18.2 Å². The lowest BCUT2D eigenvalue weighted by Gasteiger charge is -2.10. The number of nitrogens with one attached hydrogen (secondary N) is 1. The van der Waals surface area contributed by atoms with E-state index in [4.69, 9.17) is 4.74 Å². The number of fused-ring (bicyclic) bond motifs is 1. The molecular formula is C24H18F3NO2. The molecule has 1 aliphatic heterocycles. The van der Waals surface area contributed by atoms with Crippen molar-refractivity contribution in [3.8, 4) is 5.75 Å². The van der Waals surface area contributed by atoms with Crippen LogP contribution in [0.1, 0.15) is 27.8 Å². The predicted octanol–water partition coefficient (Wildman–Crippen LogP) is 6.09. The molecule has 3 aromatic carbocycles. The Kier molecular flexibility index (Phi) is 5.08. The highest BCUT2D eigenvalue weighted by molar-refractivity contribution is 6.35. The van der Waals surface area contributed by atoms with Gasteiger partial charge in [0, 0.05) is 22.4 Å². The maximum atomic E-state index is 13.0. The van der Waals surface area contributed by atoms with Crippen molar-refractivity contribution in [1.29, 1.82) is 0 Å². The van der Waals surface area contributed by atoms with Gasteiger partial charge in [-0.2, -0.15) is 13.2 Å². The Morgan fingerprint density at radius 2 is 1.73 bits per heavy atom. The van der Waals surface area contributed by atoms with E-state index in [0.29, 0.717) is 29.1 Å². The Morgan fingerprint density at radius 3 is 2.47 bits per heavy atom. The highest BCUT2D eigenvalue weighted by Crippen LogP contribution is 2.39. The van der Waals surface area contributed by atoms with E-state index in [1.165, 1.54) is 6.07 Å². The number of para-hydroxylation sites is 1. The van der Waals surface area contributed by atoms with Crippen molar-refractivity contribution >= 4 is 23.2 Å². The molecule has 4 rings (SSSR count). The minimum Gasteiger partial charge on any atom is -0.488 e. The van der Waals surface area contributed by atoms with Crippen LogP contribution in [0, 0.1) is 6.92 Å². The third kappa shape index (κ3) is 4.08. The predicted molar refractivity (Wildman–Crippen MR) is 110 cm³/mol. The third-order valence-corrected chi connectivity index (χ3v) is 4.86. The van der Waals surface area contributed by atoms with Crippen LogP contribution < -0.4 is 10.1 Å². The zero-order valence-corrected chi connectivity index (χ0v) is 16.1. The lowest BCUT2D eigenvalue weighted by Crippen LogP contribution is -2.06. The molecule has 1 amide bonds. The van der Waals surface area contributed by atoms with Crippen LogP contribution in [0.25, 0.3) is 11.6 Å². The number of anilines is 1. The van der Waals surface area contributed by atoms with Crippen LogP contribution in [-0.4, -0.2) is 5.91 Å². The van der Waals surface area contributed by atoms with Crippen LogP contribution >= 0.6 is 0 Å². The fourth-order valence-electron chi connectivity index (χ4n) is 3.25. The normalized spacial score (nSPS) is 14.5. The Hall–Kier alpha value is -3.54. The number of amides is 1. The smallest absolute Gasteiger partial charge is 0.416 e. The quantitative estimate of drug-likeness (QED) is 0.530. The van der Waals surface area contributed by atoms with Gasteiger partial charge < -0.3 is 10.1 Å². The Bertz CT molecular complexity index is 1130.